The predicted octanol–water partition coefficient (Wildman–Crippen LogP) is 4.58. The first-order valence-electron chi connectivity index (χ1n) is 8.04. The largest absolute Gasteiger partial charge is 0.314 e. The monoisotopic (exact) mass is 328 g/mol. The molecule has 4 heteroatoms. The Bertz CT molecular complexity index is 1410. The normalized spacial score (nSPS) is 12.6. The SMILES string of the molecule is Cc1c2ccccc2c2ccn3c4csc5nc[n+](C)c(c1c23)c54. The smallest absolute Gasteiger partial charge is 0.288 e. The van der Waals surface area contributed by atoms with Gasteiger partial charge in [0, 0.05) is 17.0 Å². The molecule has 0 N–H and O–H groups in total. The summed E-state index contributed by atoms with van der Waals surface area (Å²) in [6.07, 6.45) is 4.15. The highest BCUT2D eigenvalue weighted by Gasteiger charge is 2.23. The van der Waals surface area contributed by atoms with Crippen molar-refractivity contribution in [1.82, 2.24) is 9.38 Å². The molecule has 0 saturated heterocycles. The van der Waals surface area contributed by atoms with Crippen LogP contribution in [0.4, 0.5) is 0 Å². The number of aryl methyl sites for hydroxylation is 2. The Morgan fingerprint density at radius 2 is 1.88 bits per heavy atom. The number of hydrogen-bond acceptors (Lipinski definition) is 2. The molecule has 0 aliphatic carbocycles. The molecule has 24 heavy (non-hydrogen) atoms. The van der Waals surface area contributed by atoms with Crippen LogP contribution in [0.5, 0.6) is 0 Å². The molecule has 0 unspecified atom stereocenters. The van der Waals surface area contributed by atoms with E-state index >= 15 is 0 Å². The second kappa shape index (κ2) is 4.02. The number of nitrogens with zero attached hydrogens (tertiary/aromatic N) is 3. The van der Waals surface area contributed by atoms with Crippen LogP contribution in [0.3, 0.4) is 0 Å². The van der Waals surface area contributed by atoms with Crippen LogP contribution in [0, 0.1) is 6.92 Å². The summed E-state index contributed by atoms with van der Waals surface area (Å²) >= 11 is 1.72. The highest BCUT2D eigenvalue weighted by atomic mass is 32.1. The maximum Gasteiger partial charge on any atom is 0.288 e. The molecule has 0 aliphatic rings. The van der Waals surface area contributed by atoms with Crippen molar-refractivity contribution in [2.24, 2.45) is 7.05 Å². The molecule has 0 amide bonds. The molecule has 0 saturated carbocycles. The minimum absolute atomic E-state index is 1.11. The Balaban J connectivity index is 2.14. The van der Waals surface area contributed by atoms with Crippen LogP contribution in [-0.4, -0.2) is 9.38 Å². The molecule has 2 aromatic carbocycles. The van der Waals surface area contributed by atoms with Crippen molar-refractivity contribution in [3.8, 4) is 0 Å². The fourth-order valence-electron chi connectivity index (χ4n) is 4.26. The zero-order valence-electron chi connectivity index (χ0n) is 13.4. The minimum atomic E-state index is 1.11. The first kappa shape index (κ1) is 12.7. The first-order valence-corrected chi connectivity index (χ1v) is 8.92. The summed E-state index contributed by atoms with van der Waals surface area (Å²) in [7, 11) is 2.10. The van der Waals surface area contributed by atoms with Gasteiger partial charge in [0.15, 0.2) is 5.52 Å². The summed E-state index contributed by atoms with van der Waals surface area (Å²) in [5.74, 6) is 0. The van der Waals surface area contributed by atoms with Gasteiger partial charge in [0.25, 0.3) is 6.33 Å². The zero-order chi connectivity index (χ0) is 16.0. The Labute approximate surface area is 141 Å². The molecule has 0 atom stereocenters. The van der Waals surface area contributed by atoms with Crippen molar-refractivity contribution in [2.45, 2.75) is 6.92 Å². The number of fused-ring (bicyclic) bond motifs is 4. The van der Waals surface area contributed by atoms with Gasteiger partial charge < -0.3 is 4.40 Å². The van der Waals surface area contributed by atoms with Gasteiger partial charge in [-0.3, -0.25) is 0 Å². The van der Waals surface area contributed by atoms with Crippen LogP contribution in [-0.2, 0) is 7.05 Å². The molecule has 0 aliphatic heterocycles. The van der Waals surface area contributed by atoms with Crippen LogP contribution in [0.25, 0.3) is 48.3 Å². The summed E-state index contributed by atoms with van der Waals surface area (Å²) < 4.78 is 4.52. The van der Waals surface area contributed by atoms with Gasteiger partial charge in [-0.25, -0.2) is 4.57 Å². The summed E-state index contributed by atoms with van der Waals surface area (Å²) in [5.41, 5.74) is 5.21. The van der Waals surface area contributed by atoms with Gasteiger partial charge in [-0.1, -0.05) is 35.6 Å². The third kappa shape index (κ3) is 1.27. The molecule has 4 heterocycles. The maximum absolute atomic E-state index is 4.63. The number of aromatic nitrogens is 3. The second-order valence-electron chi connectivity index (χ2n) is 6.50. The minimum Gasteiger partial charge on any atom is -0.314 e. The lowest BCUT2D eigenvalue weighted by Gasteiger charge is -2.12. The second-order valence-corrected chi connectivity index (χ2v) is 7.36. The number of pyridine rings is 1. The molecule has 4 aromatic heterocycles. The third-order valence-electron chi connectivity index (χ3n) is 5.31. The van der Waals surface area contributed by atoms with E-state index in [1.54, 1.807) is 11.3 Å². The Morgan fingerprint density at radius 3 is 2.75 bits per heavy atom. The van der Waals surface area contributed by atoms with E-state index in [9.17, 15) is 0 Å². The van der Waals surface area contributed by atoms with Crippen LogP contribution in [0.2, 0.25) is 0 Å². The molecule has 0 radical (unpaired) electrons. The maximum atomic E-state index is 4.63. The Morgan fingerprint density at radius 1 is 1.04 bits per heavy atom. The van der Waals surface area contributed by atoms with Crippen molar-refractivity contribution >= 4 is 59.6 Å². The third-order valence-corrected chi connectivity index (χ3v) is 6.18. The van der Waals surface area contributed by atoms with Gasteiger partial charge in [0.2, 0.25) is 4.83 Å². The van der Waals surface area contributed by atoms with E-state index < -0.39 is 0 Å². The van der Waals surface area contributed by atoms with E-state index in [0.29, 0.717) is 0 Å². The molecule has 0 fully saturated rings. The van der Waals surface area contributed by atoms with E-state index in [0.717, 1.165) is 4.83 Å². The van der Waals surface area contributed by atoms with Gasteiger partial charge in [-0.05, 0) is 34.3 Å². The van der Waals surface area contributed by atoms with Crippen molar-refractivity contribution in [3.63, 3.8) is 0 Å². The number of thiophene rings is 1. The Kier molecular flexibility index (Phi) is 2.12. The summed E-state index contributed by atoms with van der Waals surface area (Å²) in [5, 5.41) is 8.84. The molecule has 6 rings (SSSR count). The van der Waals surface area contributed by atoms with Crippen molar-refractivity contribution in [1.29, 1.82) is 0 Å². The average Bonchev–Trinajstić information content (AvgIpc) is 3.22. The summed E-state index contributed by atoms with van der Waals surface area (Å²) in [6.45, 7) is 2.25. The number of benzene rings is 2. The quantitative estimate of drug-likeness (QED) is 0.227. The zero-order valence-corrected chi connectivity index (χ0v) is 14.2. The fraction of sp³-hybridized carbons (Fsp3) is 0.100. The van der Waals surface area contributed by atoms with E-state index in [1.807, 2.05) is 6.33 Å². The standard InChI is InChI=1S/C20H14N3S/c1-11-12-5-3-4-6-13(12)14-7-8-23-15-9-24-20-17(15)19(16(11)18(14)23)22(2)10-21-20/h3-10H,1-2H3/q+1. The lowest BCUT2D eigenvalue weighted by Crippen LogP contribution is -2.29. The lowest BCUT2D eigenvalue weighted by atomic mass is 9.96. The first-order chi connectivity index (χ1) is 11.8. The van der Waals surface area contributed by atoms with Crippen molar-refractivity contribution in [3.05, 3.63) is 53.8 Å². The van der Waals surface area contributed by atoms with Crippen LogP contribution >= 0.6 is 11.3 Å². The van der Waals surface area contributed by atoms with E-state index in [2.05, 4.69) is 69.8 Å². The van der Waals surface area contributed by atoms with Crippen LogP contribution in [0.15, 0.2) is 48.2 Å². The van der Waals surface area contributed by atoms with Crippen LogP contribution < -0.4 is 4.57 Å². The Hall–Kier alpha value is -2.72. The fourth-order valence-corrected chi connectivity index (χ4v) is 5.14. The van der Waals surface area contributed by atoms with E-state index in [-0.39, 0.29) is 0 Å². The topological polar surface area (TPSA) is 21.2 Å². The van der Waals surface area contributed by atoms with Gasteiger partial charge >= 0.3 is 0 Å². The lowest BCUT2D eigenvalue weighted by molar-refractivity contribution is -0.646. The highest BCUT2D eigenvalue weighted by molar-refractivity contribution is 7.17. The molecule has 3 nitrogen and oxygen atoms in total. The van der Waals surface area contributed by atoms with Crippen molar-refractivity contribution in [2.75, 3.05) is 0 Å². The molecule has 0 bridgehead atoms. The molecule has 0 spiro atoms. The molecule has 6 aromatic rings. The van der Waals surface area contributed by atoms with Crippen LogP contribution in [0.1, 0.15) is 5.56 Å². The highest BCUT2D eigenvalue weighted by Crippen LogP contribution is 2.41. The summed E-state index contributed by atoms with van der Waals surface area (Å²) in [4.78, 5) is 5.73. The predicted molar refractivity (Wildman–Crippen MR) is 100 cm³/mol. The van der Waals surface area contributed by atoms with E-state index in [1.165, 1.54) is 49.0 Å². The van der Waals surface area contributed by atoms with Gasteiger partial charge in [-0.2, -0.15) is 0 Å². The number of hydrogen-bond donors (Lipinski definition) is 0. The van der Waals surface area contributed by atoms with Gasteiger partial charge in [-0.15, -0.1) is 0 Å². The molecular formula is C20H14N3S+. The molecule has 114 valence electrons. The summed E-state index contributed by atoms with van der Waals surface area (Å²) in [6, 6.07) is 11.0. The number of rotatable bonds is 0. The van der Waals surface area contributed by atoms with Gasteiger partial charge in [0.05, 0.1) is 23.5 Å². The van der Waals surface area contributed by atoms with E-state index in [4.69, 9.17) is 0 Å². The van der Waals surface area contributed by atoms with Gasteiger partial charge in [0.1, 0.15) is 5.39 Å². The average molecular weight is 328 g/mol. The van der Waals surface area contributed by atoms with Crippen molar-refractivity contribution < 1.29 is 4.57 Å². The molecular weight excluding hydrogens is 314 g/mol.